The van der Waals surface area contributed by atoms with Crippen molar-refractivity contribution in [3.05, 3.63) is 77.4 Å². The molecule has 5 nitrogen and oxygen atoms in total. The molecule has 0 aliphatic heterocycles. The fraction of sp³-hybridized carbons (Fsp3) is 0.0625. The van der Waals surface area contributed by atoms with Gasteiger partial charge in [-0.05, 0) is 17.7 Å². The number of amides is 1. The molecule has 0 aliphatic rings. The SMILES string of the molecule is O=C(Nc1cccc(F)c1F)c1n[nH]c(Cc2ccccc2)n1. The van der Waals surface area contributed by atoms with Crippen molar-refractivity contribution in [2.45, 2.75) is 6.42 Å². The van der Waals surface area contributed by atoms with Crippen LogP contribution in [0.15, 0.2) is 48.5 Å². The lowest BCUT2D eigenvalue weighted by molar-refractivity contribution is 0.101. The highest BCUT2D eigenvalue weighted by Crippen LogP contribution is 2.17. The first-order chi connectivity index (χ1) is 11.1. The van der Waals surface area contributed by atoms with Crippen LogP contribution in [0.3, 0.4) is 0 Å². The molecule has 23 heavy (non-hydrogen) atoms. The molecule has 0 unspecified atom stereocenters. The number of halogens is 2. The van der Waals surface area contributed by atoms with Crippen molar-refractivity contribution in [3.8, 4) is 0 Å². The molecule has 7 heteroatoms. The van der Waals surface area contributed by atoms with Gasteiger partial charge in [-0.15, -0.1) is 5.10 Å². The molecular formula is C16H12F2N4O. The lowest BCUT2D eigenvalue weighted by atomic mass is 10.1. The van der Waals surface area contributed by atoms with Crippen molar-refractivity contribution in [1.29, 1.82) is 0 Å². The van der Waals surface area contributed by atoms with Crippen molar-refractivity contribution in [2.24, 2.45) is 0 Å². The Morgan fingerprint density at radius 3 is 2.65 bits per heavy atom. The van der Waals surface area contributed by atoms with Crippen molar-refractivity contribution in [2.75, 3.05) is 5.32 Å². The number of aromatic amines is 1. The molecule has 0 fully saturated rings. The van der Waals surface area contributed by atoms with E-state index in [4.69, 9.17) is 0 Å². The first kappa shape index (κ1) is 14.8. The Morgan fingerprint density at radius 2 is 1.87 bits per heavy atom. The fourth-order valence-corrected chi connectivity index (χ4v) is 2.04. The lowest BCUT2D eigenvalue weighted by Crippen LogP contribution is -2.15. The van der Waals surface area contributed by atoms with Crippen LogP contribution >= 0.6 is 0 Å². The van der Waals surface area contributed by atoms with E-state index >= 15 is 0 Å². The normalized spacial score (nSPS) is 10.5. The Morgan fingerprint density at radius 1 is 1.09 bits per heavy atom. The van der Waals surface area contributed by atoms with Gasteiger partial charge in [0.1, 0.15) is 5.82 Å². The maximum atomic E-state index is 13.5. The van der Waals surface area contributed by atoms with Crippen LogP contribution in [0.5, 0.6) is 0 Å². The third-order valence-electron chi connectivity index (χ3n) is 3.15. The summed E-state index contributed by atoms with van der Waals surface area (Å²) in [4.78, 5) is 16.1. The van der Waals surface area contributed by atoms with E-state index in [0.717, 1.165) is 11.6 Å². The maximum absolute atomic E-state index is 13.5. The molecule has 1 heterocycles. The topological polar surface area (TPSA) is 70.7 Å². The Bertz CT molecular complexity index is 833. The van der Waals surface area contributed by atoms with Gasteiger partial charge in [-0.1, -0.05) is 36.4 Å². The number of carbonyl (C=O) groups is 1. The summed E-state index contributed by atoms with van der Waals surface area (Å²) in [5.74, 6) is -2.52. The number of nitrogens with one attached hydrogen (secondary N) is 2. The summed E-state index contributed by atoms with van der Waals surface area (Å²) >= 11 is 0. The highest BCUT2D eigenvalue weighted by molar-refractivity contribution is 6.01. The molecule has 1 aromatic heterocycles. The average molecular weight is 314 g/mol. The molecule has 0 aliphatic carbocycles. The summed E-state index contributed by atoms with van der Waals surface area (Å²) in [5, 5.41) is 8.70. The van der Waals surface area contributed by atoms with Crippen molar-refractivity contribution in [1.82, 2.24) is 15.2 Å². The highest BCUT2D eigenvalue weighted by Gasteiger charge is 2.16. The van der Waals surface area contributed by atoms with Crippen LogP contribution in [0.25, 0.3) is 0 Å². The highest BCUT2D eigenvalue weighted by atomic mass is 19.2. The first-order valence-corrected chi connectivity index (χ1v) is 6.84. The van der Waals surface area contributed by atoms with E-state index < -0.39 is 17.5 Å². The van der Waals surface area contributed by atoms with Gasteiger partial charge in [-0.3, -0.25) is 9.89 Å². The minimum absolute atomic E-state index is 0.139. The molecule has 1 amide bonds. The molecule has 2 N–H and O–H groups in total. The predicted octanol–water partition coefficient (Wildman–Crippen LogP) is 2.93. The minimum atomic E-state index is -1.12. The average Bonchev–Trinajstić information content (AvgIpc) is 3.01. The first-order valence-electron chi connectivity index (χ1n) is 6.84. The number of aromatic nitrogens is 3. The van der Waals surface area contributed by atoms with Crippen LogP contribution in [0, 0.1) is 11.6 Å². The number of anilines is 1. The minimum Gasteiger partial charge on any atom is -0.317 e. The third-order valence-corrected chi connectivity index (χ3v) is 3.15. The fourth-order valence-electron chi connectivity index (χ4n) is 2.04. The van der Waals surface area contributed by atoms with Crippen LogP contribution in [-0.2, 0) is 6.42 Å². The maximum Gasteiger partial charge on any atom is 0.295 e. The molecular weight excluding hydrogens is 302 g/mol. The van der Waals surface area contributed by atoms with Crippen LogP contribution < -0.4 is 5.32 Å². The van der Waals surface area contributed by atoms with Crippen molar-refractivity contribution in [3.63, 3.8) is 0 Å². The summed E-state index contributed by atoms with van der Waals surface area (Å²) in [7, 11) is 0. The summed E-state index contributed by atoms with van der Waals surface area (Å²) < 4.78 is 26.6. The third kappa shape index (κ3) is 3.39. The Balaban J connectivity index is 1.72. The van der Waals surface area contributed by atoms with Gasteiger partial charge in [0.2, 0.25) is 5.82 Å². The van der Waals surface area contributed by atoms with Crippen LogP contribution in [0.1, 0.15) is 22.0 Å². The lowest BCUT2D eigenvalue weighted by Gasteiger charge is -2.04. The van der Waals surface area contributed by atoms with E-state index in [-0.39, 0.29) is 11.5 Å². The number of H-pyrrole nitrogens is 1. The number of hydrogen-bond donors (Lipinski definition) is 2. The zero-order chi connectivity index (χ0) is 16.2. The Kier molecular flexibility index (Phi) is 4.09. The van der Waals surface area contributed by atoms with E-state index in [1.165, 1.54) is 12.1 Å². The molecule has 0 saturated carbocycles. The Hall–Kier alpha value is -3.09. The quantitative estimate of drug-likeness (QED) is 0.778. The molecule has 0 radical (unpaired) electrons. The van der Waals surface area contributed by atoms with Gasteiger partial charge in [0.25, 0.3) is 5.91 Å². The second-order valence-electron chi connectivity index (χ2n) is 4.82. The van der Waals surface area contributed by atoms with Crippen molar-refractivity contribution < 1.29 is 13.6 Å². The molecule has 2 aromatic carbocycles. The van der Waals surface area contributed by atoms with E-state index in [1.807, 2.05) is 30.3 Å². The van der Waals surface area contributed by atoms with E-state index in [1.54, 1.807) is 0 Å². The number of hydrogen-bond acceptors (Lipinski definition) is 3. The van der Waals surface area contributed by atoms with E-state index in [0.29, 0.717) is 12.2 Å². The smallest absolute Gasteiger partial charge is 0.295 e. The van der Waals surface area contributed by atoms with Gasteiger partial charge >= 0.3 is 0 Å². The largest absolute Gasteiger partial charge is 0.317 e. The summed E-state index contributed by atoms with van der Waals surface area (Å²) in [6.45, 7) is 0. The van der Waals surface area contributed by atoms with Crippen LogP contribution in [0.2, 0.25) is 0 Å². The standard InChI is InChI=1S/C16H12F2N4O/c17-11-7-4-8-12(14(11)18)19-16(23)15-20-13(21-22-15)9-10-5-2-1-3-6-10/h1-8H,9H2,(H,19,23)(H,20,21,22). The molecule has 116 valence electrons. The van der Waals surface area contributed by atoms with Gasteiger partial charge in [0, 0.05) is 6.42 Å². The Labute approximate surface area is 130 Å². The zero-order valence-electron chi connectivity index (χ0n) is 11.9. The summed E-state index contributed by atoms with van der Waals surface area (Å²) in [5.41, 5.74) is 0.746. The van der Waals surface area contributed by atoms with Crippen LogP contribution in [-0.4, -0.2) is 21.1 Å². The molecule has 3 aromatic rings. The van der Waals surface area contributed by atoms with Crippen molar-refractivity contribution >= 4 is 11.6 Å². The predicted molar refractivity (Wildman–Crippen MR) is 79.9 cm³/mol. The van der Waals surface area contributed by atoms with Gasteiger partial charge < -0.3 is 5.32 Å². The van der Waals surface area contributed by atoms with Crippen LogP contribution in [0.4, 0.5) is 14.5 Å². The van der Waals surface area contributed by atoms with Gasteiger partial charge in [-0.2, -0.15) is 0 Å². The number of benzene rings is 2. The second-order valence-corrected chi connectivity index (χ2v) is 4.82. The van der Waals surface area contributed by atoms with Gasteiger partial charge in [0.05, 0.1) is 5.69 Å². The van der Waals surface area contributed by atoms with Gasteiger partial charge in [-0.25, -0.2) is 13.8 Å². The molecule has 0 atom stereocenters. The number of nitrogens with zero attached hydrogens (tertiary/aromatic N) is 2. The summed E-state index contributed by atoms with van der Waals surface area (Å²) in [6, 6.07) is 13.1. The molecule has 0 saturated heterocycles. The summed E-state index contributed by atoms with van der Waals surface area (Å²) in [6.07, 6.45) is 0.482. The molecule has 3 rings (SSSR count). The van der Waals surface area contributed by atoms with E-state index in [9.17, 15) is 13.6 Å². The number of rotatable bonds is 4. The molecule has 0 bridgehead atoms. The zero-order valence-corrected chi connectivity index (χ0v) is 11.9. The molecule has 0 spiro atoms. The monoisotopic (exact) mass is 314 g/mol. The van der Waals surface area contributed by atoms with Gasteiger partial charge in [0.15, 0.2) is 11.6 Å². The van der Waals surface area contributed by atoms with E-state index in [2.05, 4.69) is 20.5 Å². The second kappa shape index (κ2) is 6.35. The number of carbonyl (C=O) groups excluding carboxylic acids is 1.